The van der Waals surface area contributed by atoms with Gasteiger partial charge in [-0.3, -0.25) is 0 Å². The van der Waals surface area contributed by atoms with Crippen molar-refractivity contribution in [3.63, 3.8) is 0 Å². The third-order valence-corrected chi connectivity index (χ3v) is 3.13. The van der Waals surface area contributed by atoms with Gasteiger partial charge in [-0.05, 0) is 44.4 Å². The Morgan fingerprint density at radius 1 is 1.19 bits per heavy atom. The summed E-state index contributed by atoms with van der Waals surface area (Å²) < 4.78 is 13.2. The number of hydrogen-bond donors (Lipinski definition) is 1. The molecule has 0 aliphatic rings. The van der Waals surface area contributed by atoms with Crippen molar-refractivity contribution in [2.75, 3.05) is 0 Å². The van der Waals surface area contributed by atoms with Crippen molar-refractivity contribution < 1.29 is 4.39 Å². The number of halogens is 1. The normalized spacial score (nSPS) is 14.2. The maximum Gasteiger partial charge on any atom is 0.123 e. The highest BCUT2D eigenvalue weighted by Gasteiger charge is 2.23. The van der Waals surface area contributed by atoms with E-state index in [1.165, 1.54) is 6.07 Å². The summed E-state index contributed by atoms with van der Waals surface area (Å²) in [6.07, 6.45) is 0. The molecule has 0 heterocycles. The Morgan fingerprint density at radius 3 is 2.31 bits per heavy atom. The molecular weight excluding hydrogens is 201 g/mol. The van der Waals surface area contributed by atoms with Gasteiger partial charge in [0.2, 0.25) is 0 Å². The molecule has 0 aromatic heterocycles. The first kappa shape index (κ1) is 13.2. The zero-order chi connectivity index (χ0) is 12.3. The molecule has 1 atom stereocenters. The average molecular weight is 223 g/mol. The van der Waals surface area contributed by atoms with Crippen molar-refractivity contribution in [3.05, 3.63) is 35.6 Å². The molecule has 16 heavy (non-hydrogen) atoms. The largest absolute Gasteiger partial charge is 0.305 e. The lowest BCUT2D eigenvalue weighted by atomic mass is 9.91. The van der Waals surface area contributed by atoms with Crippen molar-refractivity contribution in [3.8, 4) is 0 Å². The minimum Gasteiger partial charge on any atom is -0.305 e. The van der Waals surface area contributed by atoms with Gasteiger partial charge in [0.15, 0.2) is 0 Å². The highest BCUT2D eigenvalue weighted by Crippen LogP contribution is 2.22. The van der Waals surface area contributed by atoms with Crippen LogP contribution < -0.4 is 5.32 Å². The van der Waals surface area contributed by atoms with Gasteiger partial charge in [0.25, 0.3) is 0 Å². The second kappa shape index (κ2) is 4.96. The van der Waals surface area contributed by atoms with E-state index in [4.69, 9.17) is 0 Å². The predicted molar refractivity (Wildman–Crippen MR) is 66.9 cm³/mol. The molecule has 0 radical (unpaired) electrons. The number of hydrogen-bond acceptors (Lipinski definition) is 1. The Labute approximate surface area is 98.1 Å². The molecule has 0 bridgehead atoms. The molecule has 2 heteroatoms. The summed E-state index contributed by atoms with van der Waals surface area (Å²) in [4.78, 5) is 0. The maximum atomic E-state index is 13.2. The van der Waals surface area contributed by atoms with Crippen molar-refractivity contribution in [2.24, 2.45) is 5.92 Å². The van der Waals surface area contributed by atoms with E-state index in [2.05, 4.69) is 39.9 Å². The molecule has 1 unspecified atom stereocenters. The lowest BCUT2D eigenvalue weighted by Crippen LogP contribution is -2.44. The van der Waals surface area contributed by atoms with Crippen LogP contribution >= 0.6 is 0 Å². The van der Waals surface area contributed by atoms with Gasteiger partial charge >= 0.3 is 0 Å². The Hall–Kier alpha value is -0.890. The molecule has 0 amide bonds. The molecule has 0 saturated heterocycles. The van der Waals surface area contributed by atoms with Crippen LogP contribution in [-0.4, -0.2) is 6.04 Å². The fourth-order valence-electron chi connectivity index (χ4n) is 1.70. The van der Waals surface area contributed by atoms with Crippen molar-refractivity contribution in [2.45, 2.75) is 46.2 Å². The van der Waals surface area contributed by atoms with Crippen LogP contribution in [0, 0.1) is 11.7 Å². The van der Waals surface area contributed by atoms with Gasteiger partial charge in [-0.25, -0.2) is 4.39 Å². The van der Waals surface area contributed by atoms with Gasteiger partial charge in [0.1, 0.15) is 5.82 Å². The van der Waals surface area contributed by atoms with E-state index in [1.807, 2.05) is 6.07 Å². The summed E-state index contributed by atoms with van der Waals surface area (Å²) in [6.45, 7) is 10.7. The second-order valence-corrected chi connectivity index (χ2v) is 5.31. The molecule has 1 nitrogen and oxygen atoms in total. The van der Waals surface area contributed by atoms with Crippen LogP contribution in [0.2, 0.25) is 0 Å². The topological polar surface area (TPSA) is 12.0 Å². The summed E-state index contributed by atoms with van der Waals surface area (Å²) >= 11 is 0. The quantitative estimate of drug-likeness (QED) is 0.820. The lowest BCUT2D eigenvalue weighted by molar-refractivity contribution is 0.304. The van der Waals surface area contributed by atoms with Crippen LogP contribution in [-0.2, 0) is 5.54 Å². The first-order valence-corrected chi connectivity index (χ1v) is 5.86. The van der Waals surface area contributed by atoms with Crippen LogP contribution in [0.15, 0.2) is 24.3 Å². The molecule has 1 N–H and O–H groups in total. The fourth-order valence-corrected chi connectivity index (χ4v) is 1.70. The van der Waals surface area contributed by atoms with E-state index in [9.17, 15) is 4.39 Å². The lowest BCUT2D eigenvalue weighted by Gasteiger charge is -2.32. The predicted octanol–water partition coefficient (Wildman–Crippen LogP) is 3.69. The molecule has 0 fully saturated rings. The minimum atomic E-state index is -0.203. The van der Waals surface area contributed by atoms with Crippen LogP contribution in [0.4, 0.5) is 4.39 Å². The Morgan fingerprint density at radius 2 is 1.81 bits per heavy atom. The van der Waals surface area contributed by atoms with Crippen LogP contribution in [0.5, 0.6) is 0 Å². The summed E-state index contributed by atoms with van der Waals surface area (Å²) in [5.41, 5.74) is 0.784. The number of benzene rings is 1. The number of nitrogens with one attached hydrogen (secondary N) is 1. The van der Waals surface area contributed by atoms with E-state index in [-0.39, 0.29) is 11.4 Å². The van der Waals surface area contributed by atoms with Gasteiger partial charge in [-0.2, -0.15) is 0 Å². The second-order valence-electron chi connectivity index (χ2n) is 5.31. The Balaban J connectivity index is 2.85. The fraction of sp³-hybridized carbons (Fsp3) is 0.571. The minimum absolute atomic E-state index is 0.176. The van der Waals surface area contributed by atoms with Gasteiger partial charge in [-0.1, -0.05) is 26.0 Å². The first-order valence-electron chi connectivity index (χ1n) is 5.86. The molecular formula is C14H22FN. The third kappa shape index (κ3) is 3.31. The summed E-state index contributed by atoms with van der Waals surface area (Å²) in [5.74, 6) is 0.386. The van der Waals surface area contributed by atoms with Gasteiger partial charge < -0.3 is 5.32 Å². The summed E-state index contributed by atoms with van der Waals surface area (Å²) in [5, 5.41) is 3.53. The molecule has 90 valence electrons. The van der Waals surface area contributed by atoms with E-state index in [0.717, 1.165) is 5.56 Å². The van der Waals surface area contributed by atoms with Gasteiger partial charge in [0.05, 0.1) is 0 Å². The molecule has 0 spiro atoms. The molecule has 0 aliphatic carbocycles. The van der Waals surface area contributed by atoms with Crippen LogP contribution in [0.1, 0.15) is 40.2 Å². The van der Waals surface area contributed by atoms with E-state index >= 15 is 0 Å². The van der Waals surface area contributed by atoms with Gasteiger partial charge in [-0.15, -0.1) is 0 Å². The standard InChI is InChI=1S/C14H22FN/c1-10(2)11(3)16-14(4,5)12-7-6-8-13(15)9-12/h6-11,16H,1-5H3. The van der Waals surface area contributed by atoms with Crippen molar-refractivity contribution >= 4 is 0 Å². The van der Waals surface area contributed by atoms with E-state index in [1.54, 1.807) is 12.1 Å². The Bertz CT molecular complexity index is 344. The monoisotopic (exact) mass is 223 g/mol. The summed E-state index contributed by atoms with van der Waals surface area (Å²) in [7, 11) is 0. The highest BCUT2D eigenvalue weighted by molar-refractivity contribution is 5.23. The number of rotatable bonds is 4. The van der Waals surface area contributed by atoms with Crippen LogP contribution in [0.3, 0.4) is 0 Å². The molecule has 0 saturated carbocycles. The molecule has 1 aromatic rings. The van der Waals surface area contributed by atoms with Crippen molar-refractivity contribution in [1.29, 1.82) is 0 Å². The molecule has 1 rings (SSSR count). The summed E-state index contributed by atoms with van der Waals surface area (Å²) in [6, 6.07) is 7.20. The maximum absolute atomic E-state index is 13.2. The zero-order valence-electron chi connectivity index (χ0n) is 10.8. The molecule has 0 aliphatic heterocycles. The third-order valence-electron chi connectivity index (χ3n) is 3.13. The Kier molecular flexibility index (Phi) is 4.09. The SMILES string of the molecule is CC(C)C(C)NC(C)(C)c1cccc(F)c1. The first-order chi connectivity index (χ1) is 7.33. The zero-order valence-corrected chi connectivity index (χ0v) is 10.8. The van der Waals surface area contributed by atoms with Crippen molar-refractivity contribution in [1.82, 2.24) is 5.32 Å². The van der Waals surface area contributed by atoms with Crippen LogP contribution in [0.25, 0.3) is 0 Å². The van der Waals surface area contributed by atoms with E-state index in [0.29, 0.717) is 12.0 Å². The van der Waals surface area contributed by atoms with E-state index < -0.39 is 0 Å². The van der Waals surface area contributed by atoms with Gasteiger partial charge in [0, 0.05) is 11.6 Å². The average Bonchev–Trinajstić information content (AvgIpc) is 2.17. The highest BCUT2D eigenvalue weighted by atomic mass is 19.1. The molecule has 1 aromatic carbocycles. The smallest absolute Gasteiger partial charge is 0.123 e.